The molecule has 0 saturated heterocycles. The Balaban J connectivity index is 2.20. The van der Waals surface area contributed by atoms with Gasteiger partial charge in [-0.05, 0) is 36.2 Å². The van der Waals surface area contributed by atoms with E-state index in [0.717, 1.165) is 0 Å². The van der Waals surface area contributed by atoms with Gasteiger partial charge in [-0.15, -0.1) is 0 Å². The standard InChI is InChI=1S/C14H11Cl2F2N/c15-9-2-3-10(12(17)7-9)14(19)6-8-1-4-11(16)13(18)5-8/h1-5,7,14H,6,19H2. The Morgan fingerprint density at radius 3 is 2.37 bits per heavy atom. The molecule has 0 saturated carbocycles. The zero-order valence-electron chi connectivity index (χ0n) is 9.84. The maximum atomic E-state index is 13.7. The molecule has 0 radical (unpaired) electrons. The lowest BCUT2D eigenvalue weighted by Crippen LogP contribution is -2.15. The van der Waals surface area contributed by atoms with Gasteiger partial charge in [0.05, 0.1) is 5.02 Å². The van der Waals surface area contributed by atoms with Gasteiger partial charge in [0.1, 0.15) is 11.6 Å². The van der Waals surface area contributed by atoms with E-state index in [1.54, 1.807) is 12.1 Å². The predicted octanol–water partition coefficient (Wildman–Crippen LogP) is 4.51. The molecular formula is C14H11Cl2F2N. The van der Waals surface area contributed by atoms with Gasteiger partial charge in [0.2, 0.25) is 0 Å². The van der Waals surface area contributed by atoms with E-state index in [1.807, 2.05) is 0 Å². The first-order valence-corrected chi connectivity index (χ1v) is 6.37. The summed E-state index contributed by atoms with van der Waals surface area (Å²) in [5, 5.41) is 0.362. The number of hydrogen-bond donors (Lipinski definition) is 1. The normalized spacial score (nSPS) is 12.5. The largest absolute Gasteiger partial charge is 0.324 e. The first-order chi connectivity index (χ1) is 8.97. The fraction of sp³-hybridized carbons (Fsp3) is 0.143. The van der Waals surface area contributed by atoms with Crippen molar-refractivity contribution in [3.63, 3.8) is 0 Å². The molecule has 0 aliphatic heterocycles. The first-order valence-electron chi connectivity index (χ1n) is 5.62. The molecule has 0 spiro atoms. The number of benzene rings is 2. The molecule has 100 valence electrons. The minimum Gasteiger partial charge on any atom is -0.324 e. The average molecular weight is 302 g/mol. The van der Waals surface area contributed by atoms with Crippen LogP contribution >= 0.6 is 23.2 Å². The Bertz CT molecular complexity index is 602. The van der Waals surface area contributed by atoms with Gasteiger partial charge in [-0.2, -0.15) is 0 Å². The molecule has 19 heavy (non-hydrogen) atoms. The SMILES string of the molecule is NC(Cc1ccc(Cl)c(F)c1)c1ccc(Cl)cc1F. The molecule has 5 heteroatoms. The monoisotopic (exact) mass is 301 g/mol. The van der Waals surface area contributed by atoms with Crippen LogP contribution in [0.4, 0.5) is 8.78 Å². The lowest BCUT2D eigenvalue weighted by molar-refractivity contribution is 0.578. The highest BCUT2D eigenvalue weighted by atomic mass is 35.5. The van der Waals surface area contributed by atoms with Crippen LogP contribution in [0.3, 0.4) is 0 Å². The molecule has 0 aromatic heterocycles. The van der Waals surface area contributed by atoms with Crippen molar-refractivity contribution in [3.05, 3.63) is 69.2 Å². The summed E-state index contributed by atoms with van der Waals surface area (Å²) in [6.45, 7) is 0. The van der Waals surface area contributed by atoms with Gasteiger partial charge in [0.25, 0.3) is 0 Å². The number of halogens is 4. The highest BCUT2D eigenvalue weighted by molar-refractivity contribution is 6.30. The quantitative estimate of drug-likeness (QED) is 0.886. The van der Waals surface area contributed by atoms with Gasteiger partial charge in [0, 0.05) is 16.6 Å². The van der Waals surface area contributed by atoms with Crippen LogP contribution < -0.4 is 5.73 Å². The minimum absolute atomic E-state index is 0.0509. The summed E-state index contributed by atoms with van der Waals surface area (Å²) in [6.07, 6.45) is 0.312. The smallest absolute Gasteiger partial charge is 0.142 e. The van der Waals surface area contributed by atoms with Crippen LogP contribution in [0, 0.1) is 11.6 Å². The third-order valence-electron chi connectivity index (χ3n) is 2.80. The van der Waals surface area contributed by atoms with E-state index >= 15 is 0 Å². The fourth-order valence-corrected chi connectivity index (χ4v) is 2.11. The van der Waals surface area contributed by atoms with Crippen LogP contribution in [-0.4, -0.2) is 0 Å². The van der Waals surface area contributed by atoms with Crippen molar-refractivity contribution in [1.29, 1.82) is 0 Å². The predicted molar refractivity (Wildman–Crippen MR) is 73.5 cm³/mol. The molecule has 1 atom stereocenters. The zero-order valence-corrected chi connectivity index (χ0v) is 11.3. The van der Waals surface area contributed by atoms with Gasteiger partial charge in [-0.1, -0.05) is 35.3 Å². The van der Waals surface area contributed by atoms with Crippen LogP contribution in [0.15, 0.2) is 36.4 Å². The molecule has 0 heterocycles. The molecule has 2 rings (SSSR count). The molecule has 1 unspecified atom stereocenters. The van der Waals surface area contributed by atoms with E-state index < -0.39 is 17.7 Å². The summed E-state index contributed by atoms with van der Waals surface area (Å²) in [6, 6.07) is 8.17. The van der Waals surface area contributed by atoms with E-state index in [-0.39, 0.29) is 5.02 Å². The van der Waals surface area contributed by atoms with E-state index in [4.69, 9.17) is 28.9 Å². The Morgan fingerprint density at radius 1 is 1.00 bits per heavy atom. The maximum absolute atomic E-state index is 13.7. The second-order valence-electron chi connectivity index (χ2n) is 4.22. The van der Waals surface area contributed by atoms with Gasteiger partial charge < -0.3 is 5.73 Å². The van der Waals surface area contributed by atoms with Crippen molar-refractivity contribution in [1.82, 2.24) is 0 Å². The van der Waals surface area contributed by atoms with Crippen molar-refractivity contribution >= 4 is 23.2 Å². The number of nitrogens with two attached hydrogens (primary N) is 1. The van der Waals surface area contributed by atoms with Gasteiger partial charge >= 0.3 is 0 Å². The highest BCUT2D eigenvalue weighted by Gasteiger charge is 2.13. The average Bonchev–Trinajstić information content (AvgIpc) is 2.33. The topological polar surface area (TPSA) is 26.0 Å². The molecular weight excluding hydrogens is 291 g/mol. The van der Waals surface area contributed by atoms with Crippen molar-refractivity contribution in [2.24, 2.45) is 5.73 Å². The summed E-state index contributed by atoms with van der Waals surface area (Å²) in [7, 11) is 0. The van der Waals surface area contributed by atoms with Crippen LogP contribution in [0.2, 0.25) is 10.0 Å². The molecule has 2 N–H and O–H groups in total. The van der Waals surface area contributed by atoms with Crippen molar-refractivity contribution in [2.75, 3.05) is 0 Å². The Morgan fingerprint density at radius 2 is 1.74 bits per heavy atom. The van der Waals surface area contributed by atoms with E-state index in [9.17, 15) is 8.78 Å². The summed E-state index contributed by atoms with van der Waals surface area (Å²) < 4.78 is 27.0. The molecule has 2 aromatic rings. The van der Waals surface area contributed by atoms with Crippen LogP contribution in [0.25, 0.3) is 0 Å². The molecule has 0 bridgehead atoms. The lowest BCUT2D eigenvalue weighted by atomic mass is 9.99. The van der Waals surface area contributed by atoms with Crippen LogP contribution in [-0.2, 0) is 6.42 Å². The van der Waals surface area contributed by atoms with Crippen molar-refractivity contribution < 1.29 is 8.78 Å². The Hall–Kier alpha value is -1.16. The molecule has 2 aromatic carbocycles. The fourth-order valence-electron chi connectivity index (χ4n) is 1.83. The Kier molecular flexibility index (Phi) is 4.40. The highest BCUT2D eigenvalue weighted by Crippen LogP contribution is 2.23. The zero-order chi connectivity index (χ0) is 14.0. The molecule has 1 nitrogen and oxygen atoms in total. The summed E-state index contributed by atoms with van der Waals surface area (Å²) >= 11 is 11.3. The van der Waals surface area contributed by atoms with E-state index in [2.05, 4.69) is 0 Å². The number of hydrogen-bond acceptors (Lipinski definition) is 1. The lowest BCUT2D eigenvalue weighted by Gasteiger charge is -2.13. The summed E-state index contributed by atoms with van der Waals surface area (Å²) in [5.74, 6) is -0.975. The van der Waals surface area contributed by atoms with Crippen LogP contribution in [0.5, 0.6) is 0 Å². The molecule has 0 amide bonds. The van der Waals surface area contributed by atoms with Crippen molar-refractivity contribution in [2.45, 2.75) is 12.5 Å². The van der Waals surface area contributed by atoms with Gasteiger partial charge in [-0.25, -0.2) is 8.78 Å². The van der Waals surface area contributed by atoms with Crippen LogP contribution in [0.1, 0.15) is 17.2 Å². The minimum atomic E-state index is -0.571. The summed E-state index contributed by atoms with van der Waals surface area (Å²) in [5.41, 5.74) is 6.93. The second kappa shape index (κ2) is 5.87. The third kappa shape index (κ3) is 3.44. The third-order valence-corrected chi connectivity index (χ3v) is 3.34. The second-order valence-corrected chi connectivity index (χ2v) is 5.07. The van der Waals surface area contributed by atoms with E-state index in [0.29, 0.717) is 22.6 Å². The maximum Gasteiger partial charge on any atom is 0.142 e. The van der Waals surface area contributed by atoms with Gasteiger partial charge in [-0.3, -0.25) is 0 Å². The first kappa shape index (κ1) is 14.3. The van der Waals surface area contributed by atoms with Crippen molar-refractivity contribution in [3.8, 4) is 0 Å². The summed E-state index contributed by atoms with van der Waals surface area (Å²) in [4.78, 5) is 0. The van der Waals surface area contributed by atoms with Gasteiger partial charge in [0.15, 0.2) is 0 Å². The molecule has 0 aliphatic carbocycles. The molecule has 0 fully saturated rings. The van der Waals surface area contributed by atoms with E-state index in [1.165, 1.54) is 24.3 Å². The molecule has 0 aliphatic rings. The Labute approximate surface area is 119 Å². The number of rotatable bonds is 3.